The molecular weight excluding hydrogens is 334 g/mol. The van der Waals surface area contributed by atoms with Gasteiger partial charge in [0, 0.05) is 6.54 Å². The molecule has 144 valence electrons. The van der Waals surface area contributed by atoms with Crippen molar-refractivity contribution in [2.45, 2.75) is 89.9 Å². The molecule has 1 fully saturated rings. The fourth-order valence-corrected chi connectivity index (χ4v) is 4.52. The van der Waals surface area contributed by atoms with Crippen LogP contribution in [0.2, 0.25) is 18.1 Å². The maximum absolute atomic E-state index is 12.8. The van der Waals surface area contributed by atoms with E-state index in [4.69, 9.17) is 9.47 Å². The molecule has 2 atom stereocenters. The summed E-state index contributed by atoms with van der Waals surface area (Å²) in [5, 5.41) is 0.0622. The minimum absolute atomic E-state index is 0.0622. The first-order valence-electron chi connectivity index (χ1n) is 9.03. The Balaban J connectivity index is 2.87. The largest absolute Gasteiger partial charge is 0.461 e. The minimum Gasteiger partial charge on any atom is -0.461 e. The third-order valence-electron chi connectivity index (χ3n) is 5.25. The first kappa shape index (κ1) is 21.7. The zero-order chi connectivity index (χ0) is 19.6. The van der Waals surface area contributed by atoms with Crippen molar-refractivity contribution in [2.75, 3.05) is 6.54 Å². The molecule has 1 amide bonds. The molecule has 0 saturated carbocycles. The van der Waals surface area contributed by atoms with Crippen LogP contribution >= 0.6 is 0 Å². The number of hydrogen-bond donors (Lipinski definition) is 0. The Bertz CT molecular complexity index is 516. The van der Waals surface area contributed by atoms with Gasteiger partial charge in [-0.25, -0.2) is 9.59 Å². The summed E-state index contributed by atoms with van der Waals surface area (Å²) in [6.45, 7) is 20.8. The number of nitrogens with zero attached hydrogens (tertiary/aromatic N) is 1. The fraction of sp³-hybridized carbons (Fsp3) is 0.789. The lowest BCUT2D eigenvalue weighted by atomic mass is 10.2. The lowest BCUT2D eigenvalue weighted by Gasteiger charge is -2.41. The highest BCUT2D eigenvalue weighted by Gasteiger charge is 2.45. The van der Waals surface area contributed by atoms with Crippen molar-refractivity contribution in [1.29, 1.82) is 0 Å². The second-order valence-corrected chi connectivity index (χ2v) is 14.9. The van der Waals surface area contributed by atoms with Gasteiger partial charge in [-0.15, -0.1) is 0 Å². The SMILES string of the molecule is C=CC(OC(=O)C1CCCN1C(=O)OC(C)(C)C)[Si](C)(C)C(C)(C)C. The summed E-state index contributed by atoms with van der Waals surface area (Å²) in [5.41, 5.74) is -0.875. The van der Waals surface area contributed by atoms with E-state index in [-0.39, 0.29) is 16.7 Å². The van der Waals surface area contributed by atoms with Crippen molar-refractivity contribution in [2.24, 2.45) is 0 Å². The van der Waals surface area contributed by atoms with Crippen molar-refractivity contribution in [3.63, 3.8) is 0 Å². The molecule has 1 saturated heterocycles. The summed E-state index contributed by atoms with van der Waals surface area (Å²) in [6, 6.07) is -0.568. The predicted molar refractivity (Wildman–Crippen MR) is 103 cm³/mol. The first-order valence-corrected chi connectivity index (χ1v) is 12.1. The molecule has 5 nitrogen and oxygen atoms in total. The number of amides is 1. The van der Waals surface area contributed by atoms with Crippen molar-refractivity contribution in [1.82, 2.24) is 4.90 Å². The van der Waals surface area contributed by atoms with Gasteiger partial charge in [-0.3, -0.25) is 4.90 Å². The number of carbonyl (C=O) groups excluding carboxylic acids is 2. The van der Waals surface area contributed by atoms with Crippen LogP contribution < -0.4 is 0 Å². The van der Waals surface area contributed by atoms with Gasteiger partial charge in [0.15, 0.2) is 0 Å². The number of likely N-dealkylation sites (tertiary alicyclic amines) is 1. The summed E-state index contributed by atoms with van der Waals surface area (Å²) in [5.74, 6) is -0.349. The molecule has 6 heteroatoms. The van der Waals surface area contributed by atoms with Crippen LogP contribution in [0.4, 0.5) is 4.79 Å². The second-order valence-electron chi connectivity index (χ2n) is 9.40. The number of hydrogen-bond acceptors (Lipinski definition) is 4. The molecule has 1 rings (SSSR count). The quantitative estimate of drug-likeness (QED) is 0.415. The molecule has 1 heterocycles. The van der Waals surface area contributed by atoms with E-state index in [9.17, 15) is 9.59 Å². The van der Waals surface area contributed by atoms with Crippen molar-refractivity contribution < 1.29 is 19.1 Å². The topological polar surface area (TPSA) is 55.8 Å². The van der Waals surface area contributed by atoms with E-state index in [1.54, 1.807) is 6.08 Å². The van der Waals surface area contributed by atoms with Gasteiger partial charge < -0.3 is 9.47 Å². The summed E-state index contributed by atoms with van der Waals surface area (Å²) in [7, 11) is -1.93. The summed E-state index contributed by atoms with van der Waals surface area (Å²) < 4.78 is 11.3. The highest BCUT2D eigenvalue weighted by atomic mass is 28.3. The van der Waals surface area contributed by atoms with Crippen molar-refractivity contribution in [3.05, 3.63) is 12.7 Å². The van der Waals surface area contributed by atoms with Crippen LogP contribution in [-0.4, -0.2) is 49.0 Å². The van der Waals surface area contributed by atoms with Gasteiger partial charge in [-0.05, 0) is 38.7 Å². The maximum atomic E-state index is 12.8. The monoisotopic (exact) mass is 369 g/mol. The molecule has 0 spiro atoms. The fourth-order valence-electron chi connectivity index (χ4n) is 2.67. The van der Waals surface area contributed by atoms with Gasteiger partial charge in [-0.1, -0.05) is 46.5 Å². The number of carbonyl (C=O) groups is 2. The Kier molecular flexibility index (Phi) is 6.54. The van der Waals surface area contributed by atoms with Crippen molar-refractivity contribution >= 4 is 20.1 Å². The third-order valence-corrected chi connectivity index (χ3v) is 10.9. The Morgan fingerprint density at radius 1 is 1.20 bits per heavy atom. The predicted octanol–water partition coefficient (Wildman–Crippen LogP) is 4.53. The Morgan fingerprint density at radius 3 is 2.20 bits per heavy atom. The molecule has 1 aliphatic rings. The maximum Gasteiger partial charge on any atom is 0.411 e. The smallest absolute Gasteiger partial charge is 0.411 e. The van der Waals surface area contributed by atoms with Gasteiger partial charge in [0.2, 0.25) is 0 Å². The second kappa shape index (κ2) is 7.52. The average molecular weight is 370 g/mol. The first-order chi connectivity index (χ1) is 11.2. The molecular formula is C19H35NO4Si. The molecule has 0 aromatic carbocycles. The van der Waals surface area contributed by atoms with Gasteiger partial charge in [0.25, 0.3) is 0 Å². The van der Waals surface area contributed by atoms with E-state index >= 15 is 0 Å². The van der Waals surface area contributed by atoms with E-state index in [1.807, 2.05) is 20.8 Å². The number of ether oxygens (including phenoxy) is 2. The number of esters is 1. The van der Waals surface area contributed by atoms with Gasteiger partial charge in [0.05, 0.1) is 0 Å². The molecule has 0 N–H and O–H groups in total. The van der Waals surface area contributed by atoms with Crippen LogP contribution in [0.15, 0.2) is 12.7 Å². The molecule has 2 unspecified atom stereocenters. The zero-order valence-corrected chi connectivity index (χ0v) is 18.1. The van der Waals surface area contributed by atoms with Gasteiger partial charge in [0.1, 0.15) is 25.4 Å². The summed E-state index contributed by atoms with van der Waals surface area (Å²) >= 11 is 0. The zero-order valence-electron chi connectivity index (χ0n) is 17.1. The van der Waals surface area contributed by atoms with E-state index in [2.05, 4.69) is 40.4 Å². The van der Waals surface area contributed by atoms with Crippen LogP contribution in [0.1, 0.15) is 54.4 Å². The normalized spacial score (nSPS) is 20.2. The highest BCUT2D eigenvalue weighted by molar-refractivity contribution is 6.81. The van der Waals surface area contributed by atoms with Gasteiger partial charge >= 0.3 is 12.1 Å². The average Bonchev–Trinajstić information content (AvgIpc) is 2.90. The highest BCUT2D eigenvalue weighted by Crippen LogP contribution is 2.39. The summed E-state index contributed by atoms with van der Waals surface area (Å²) in [6.07, 6.45) is 2.67. The number of rotatable bonds is 4. The van der Waals surface area contributed by atoms with Crippen LogP contribution in [-0.2, 0) is 14.3 Å². The molecule has 0 radical (unpaired) electrons. The molecule has 0 aromatic rings. The van der Waals surface area contributed by atoms with Crippen molar-refractivity contribution in [3.8, 4) is 0 Å². The third kappa shape index (κ3) is 5.33. The lowest BCUT2D eigenvalue weighted by Crippen LogP contribution is -2.52. The summed E-state index contributed by atoms with van der Waals surface area (Å²) in [4.78, 5) is 26.6. The Labute approximate surface area is 153 Å². The van der Waals surface area contributed by atoms with Crippen LogP contribution in [0, 0.1) is 0 Å². The standard InChI is InChI=1S/C19H35NO4Si/c1-10-15(25(8,9)19(5,6)7)23-16(21)14-12-11-13-20(14)17(22)24-18(2,3)4/h10,14-15H,1,11-13H2,2-9H3. The molecule has 25 heavy (non-hydrogen) atoms. The minimum atomic E-state index is -1.93. The van der Waals surface area contributed by atoms with E-state index < -0.39 is 25.8 Å². The molecule has 0 aliphatic carbocycles. The Morgan fingerprint density at radius 2 is 1.76 bits per heavy atom. The van der Waals surface area contributed by atoms with E-state index in [1.165, 1.54) is 4.90 Å². The molecule has 1 aliphatic heterocycles. The van der Waals surface area contributed by atoms with E-state index in [0.717, 1.165) is 6.42 Å². The molecule has 0 aromatic heterocycles. The van der Waals surface area contributed by atoms with Crippen LogP contribution in [0.5, 0.6) is 0 Å². The van der Waals surface area contributed by atoms with E-state index in [0.29, 0.717) is 13.0 Å². The Hall–Kier alpha value is -1.30. The lowest BCUT2D eigenvalue weighted by molar-refractivity contribution is -0.149. The van der Waals surface area contributed by atoms with Gasteiger partial charge in [-0.2, -0.15) is 0 Å². The van der Waals surface area contributed by atoms with Crippen LogP contribution in [0.3, 0.4) is 0 Å². The van der Waals surface area contributed by atoms with Crippen LogP contribution in [0.25, 0.3) is 0 Å². The molecule has 0 bridgehead atoms.